The topological polar surface area (TPSA) is 197 Å². The number of aryl methyl sites for hydroxylation is 2. The number of esters is 1. The molecule has 0 radical (unpaired) electrons. The van der Waals surface area contributed by atoms with E-state index in [2.05, 4.69) is 22.2 Å². The van der Waals surface area contributed by atoms with E-state index in [-0.39, 0.29) is 42.8 Å². The van der Waals surface area contributed by atoms with Gasteiger partial charge in [0.05, 0.1) is 30.6 Å². The Balaban J connectivity index is 1.21. The van der Waals surface area contributed by atoms with Gasteiger partial charge in [0.15, 0.2) is 18.1 Å². The monoisotopic (exact) mass is 711 g/mol. The Morgan fingerprint density at radius 2 is 1.79 bits per heavy atom. The van der Waals surface area contributed by atoms with Crippen LogP contribution in [0.3, 0.4) is 0 Å². The van der Waals surface area contributed by atoms with Crippen molar-refractivity contribution in [2.45, 2.75) is 59.1 Å². The highest BCUT2D eigenvalue weighted by molar-refractivity contribution is 6.07. The maximum Gasteiger partial charge on any atom is 0.519 e. The Labute approximate surface area is 299 Å². The molecule has 2 aromatic carbocycles. The lowest BCUT2D eigenvalue weighted by molar-refractivity contribution is -0.145. The fraction of sp³-hybridized carbons (Fsp3) is 0.324. The van der Waals surface area contributed by atoms with E-state index >= 15 is 0 Å². The molecule has 3 heterocycles. The van der Waals surface area contributed by atoms with Gasteiger partial charge in [0.25, 0.3) is 5.91 Å². The summed E-state index contributed by atoms with van der Waals surface area (Å²) in [5, 5.41) is 3.33. The van der Waals surface area contributed by atoms with Gasteiger partial charge in [-0.15, -0.1) is 0 Å². The predicted octanol–water partition coefficient (Wildman–Crippen LogP) is 5.64. The molecule has 0 bridgehead atoms. The third-order valence-corrected chi connectivity index (χ3v) is 8.20. The van der Waals surface area contributed by atoms with Crippen molar-refractivity contribution in [1.29, 1.82) is 0 Å². The first-order valence-corrected chi connectivity index (χ1v) is 16.9. The van der Waals surface area contributed by atoms with Crippen LogP contribution in [0.2, 0.25) is 0 Å². The third-order valence-electron chi connectivity index (χ3n) is 8.20. The van der Waals surface area contributed by atoms with Crippen LogP contribution in [0.1, 0.15) is 72.3 Å². The number of hydrogen-bond donors (Lipinski definition) is 2. The number of ether oxygens (including phenoxy) is 2. The first kappa shape index (κ1) is 37.0. The second-order valence-electron chi connectivity index (χ2n) is 11.9. The van der Waals surface area contributed by atoms with Gasteiger partial charge in [0, 0.05) is 36.6 Å². The molecule has 3 N–H and O–H groups in total. The number of amides is 2. The molecule has 15 heteroatoms. The number of nitrogens with zero attached hydrogens (tertiary/aromatic N) is 5. The van der Waals surface area contributed by atoms with Gasteiger partial charge < -0.3 is 33.9 Å². The van der Waals surface area contributed by atoms with Crippen LogP contribution in [0.5, 0.6) is 0 Å². The molecule has 3 aromatic heterocycles. The van der Waals surface area contributed by atoms with Crippen LogP contribution in [0.25, 0.3) is 11.0 Å². The molecule has 272 valence electrons. The average molecular weight is 712 g/mol. The Kier molecular flexibility index (Phi) is 12.5. The van der Waals surface area contributed by atoms with Gasteiger partial charge in [0.1, 0.15) is 17.5 Å². The predicted molar refractivity (Wildman–Crippen MR) is 193 cm³/mol. The molecular formula is C37H41N7O8. The van der Waals surface area contributed by atoms with E-state index in [1.165, 1.54) is 11.8 Å². The molecule has 15 nitrogen and oxygen atoms in total. The maximum atomic E-state index is 13.8. The van der Waals surface area contributed by atoms with Gasteiger partial charge in [-0.05, 0) is 67.9 Å². The van der Waals surface area contributed by atoms with Crippen molar-refractivity contribution < 1.29 is 32.7 Å². The average Bonchev–Trinajstić information content (AvgIpc) is 3.65. The lowest BCUT2D eigenvalue weighted by atomic mass is 10.1. The number of hydrogen-bond acceptors (Lipinski definition) is 11. The van der Waals surface area contributed by atoms with Gasteiger partial charge in [-0.25, -0.2) is 19.6 Å². The highest BCUT2D eigenvalue weighted by Gasteiger charge is 2.22. The number of rotatable bonds is 16. The number of imidazole rings is 1. The second kappa shape index (κ2) is 17.6. The summed E-state index contributed by atoms with van der Waals surface area (Å²) < 4.78 is 22.0. The number of nitrogens with one attached hydrogen (secondary N) is 1. The Bertz CT molecular complexity index is 2080. The molecule has 0 fully saturated rings. The van der Waals surface area contributed by atoms with Gasteiger partial charge >= 0.3 is 17.9 Å². The molecule has 0 aliphatic heterocycles. The minimum absolute atomic E-state index is 0.0159. The normalized spacial score (nSPS) is 11.4. The number of pyridine rings is 1. The van der Waals surface area contributed by atoms with E-state index in [4.69, 9.17) is 29.0 Å². The van der Waals surface area contributed by atoms with Gasteiger partial charge in [-0.2, -0.15) is 4.99 Å². The lowest BCUT2D eigenvalue weighted by Crippen LogP contribution is -2.34. The van der Waals surface area contributed by atoms with E-state index in [0.717, 1.165) is 42.7 Å². The fourth-order valence-electron chi connectivity index (χ4n) is 5.28. The standard InChI is InChI=1S/C37H41N7O8/c1-4-5-6-9-20-49-36(47)42-34(38)25-11-14-27(15-12-25)40-22-32-41-28-21-26(13-16-29(28)43(32)3)35(46)44(31-10-7-8-18-39-31)19-17-33(45)50-23-30-24(2)51-37(48)52-30/h7-8,10-16,18,21,40H,4-6,9,17,19-20,22-23H2,1-3H3,(H2,38,42,47). The van der Waals surface area contributed by atoms with Crippen LogP contribution in [0, 0.1) is 6.92 Å². The van der Waals surface area contributed by atoms with Crippen molar-refractivity contribution in [3.05, 3.63) is 106 Å². The number of carbonyl (C=O) groups excluding carboxylic acids is 3. The summed E-state index contributed by atoms with van der Waals surface area (Å²) in [5.74, 6) is -0.361. The van der Waals surface area contributed by atoms with Crippen LogP contribution in [-0.4, -0.2) is 51.5 Å². The first-order chi connectivity index (χ1) is 25.1. The number of fused-ring (bicyclic) bond motifs is 1. The maximum absolute atomic E-state index is 13.8. The smallest absolute Gasteiger partial charge is 0.457 e. The largest absolute Gasteiger partial charge is 0.519 e. The van der Waals surface area contributed by atoms with Crippen molar-refractivity contribution >= 4 is 46.3 Å². The number of amidine groups is 1. The van der Waals surface area contributed by atoms with Crippen molar-refractivity contribution in [2.24, 2.45) is 17.8 Å². The summed E-state index contributed by atoms with van der Waals surface area (Å²) in [5.41, 5.74) is 9.20. The third kappa shape index (κ3) is 9.71. The van der Waals surface area contributed by atoms with E-state index in [9.17, 15) is 19.2 Å². The molecule has 52 heavy (non-hydrogen) atoms. The number of benzene rings is 2. The number of nitrogens with two attached hydrogens (primary N) is 1. The molecule has 0 saturated heterocycles. The van der Waals surface area contributed by atoms with Gasteiger partial charge in [-0.3, -0.25) is 14.5 Å². The van der Waals surface area contributed by atoms with Crippen molar-refractivity contribution in [2.75, 3.05) is 23.4 Å². The molecule has 2 amide bonds. The molecule has 0 atom stereocenters. The fourth-order valence-corrected chi connectivity index (χ4v) is 5.28. The number of carbonyl (C=O) groups is 3. The number of aromatic nitrogens is 3. The van der Waals surface area contributed by atoms with Crippen LogP contribution in [0.4, 0.5) is 16.3 Å². The van der Waals surface area contributed by atoms with E-state index in [0.29, 0.717) is 35.6 Å². The molecule has 0 spiro atoms. The van der Waals surface area contributed by atoms with Crippen LogP contribution in [0.15, 0.2) is 85.5 Å². The van der Waals surface area contributed by atoms with E-state index in [1.54, 1.807) is 48.7 Å². The molecule has 0 saturated carbocycles. The zero-order valence-corrected chi connectivity index (χ0v) is 29.3. The number of anilines is 2. The lowest BCUT2D eigenvalue weighted by Gasteiger charge is -2.21. The Morgan fingerprint density at radius 3 is 2.50 bits per heavy atom. The minimum Gasteiger partial charge on any atom is -0.457 e. The summed E-state index contributed by atoms with van der Waals surface area (Å²) in [6.45, 7) is 4.05. The Morgan fingerprint density at radius 1 is 1.00 bits per heavy atom. The molecule has 5 rings (SSSR count). The Hall–Kier alpha value is -6.25. The van der Waals surface area contributed by atoms with E-state index in [1.807, 2.05) is 29.8 Å². The molecule has 5 aromatic rings. The quantitative estimate of drug-likeness (QED) is 0.0554. The summed E-state index contributed by atoms with van der Waals surface area (Å²) in [6.07, 6.45) is 4.70. The zero-order valence-electron chi connectivity index (χ0n) is 29.3. The van der Waals surface area contributed by atoms with E-state index < -0.39 is 17.9 Å². The van der Waals surface area contributed by atoms with Crippen LogP contribution < -0.4 is 21.8 Å². The highest BCUT2D eigenvalue weighted by atomic mass is 16.6. The summed E-state index contributed by atoms with van der Waals surface area (Å²) in [7, 11) is 1.89. The highest BCUT2D eigenvalue weighted by Crippen LogP contribution is 2.22. The van der Waals surface area contributed by atoms with Crippen LogP contribution >= 0.6 is 0 Å². The number of aliphatic imine (C=N–C) groups is 1. The number of unbranched alkanes of at least 4 members (excludes halogenated alkanes) is 3. The van der Waals surface area contributed by atoms with Crippen LogP contribution in [-0.2, 0) is 34.5 Å². The molecule has 0 unspecified atom stereocenters. The first-order valence-electron chi connectivity index (χ1n) is 16.9. The summed E-state index contributed by atoms with van der Waals surface area (Å²) in [4.78, 5) is 64.0. The summed E-state index contributed by atoms with van der Waals surface area (Å²) in [6, 6.07) is 17.5. The minimum atomic E-state index is -0.878. The second-order valence-corrected chi connectivity index (χ2v) is 11.9. The molecule has 0 aliphatic carbocycles. The van der Waals surface area contributed by atoms with Gasteiger partial charge in [0.2, 0.25) is 0 Å². The van der Waals surface area contributed by atoms with Gasteiger partial charge in [-0.1, -0.05) is 32.3 Å². The molecule has 0 aliphatic rings. The summed E-state index contributed by atoms with van der Waals surface area (Å²) >= 11 is 0. The molecular weight excluding hydrogens is 670 g/mol. The van der Waals surface area contributed by atoms with Crippen molar-refractivity contribution in [3.8, 4) is 0 Å². The zero-order chi connectivity index (χ0) is 37.0. The van der Waals surface area contributed by atoms with Crippen molar-refractivity contribution in [3.63, 3.8) is 0 Å². The SMILES string of the molecule is CCCCCCOC(=O)/N=C(\N)c1ccc(NCc2nc3cc(C(=O)N(CCC(=O)OCc4oc(=O)oc4C)c4ccccn4)ccc3n2C)cc1. The van der Waals surface area contributed by atoms with Crippen molar-refractivity contribution in [1.82, 2.24) is 14.5 Å².